The zero-order chi connectivity index (χ0) is 15.8. The van der Waals surface area contributed by atoms with Crippen molar-refractivity contribution in [3.05, 3.63) is 17.1 Å². The van der Waals surface area contributed by atoms with E-state index >= 15 is 0 Å². The van der Waals surface area contributed by atoms with Crippen LogP contribution in [0.25, 0.3) is 0 Å². The van der Waals surface area contributed by atoms with E-state index in [2.05, 4.69) is 9.88 Å². The highest BCUT2D eigenvalue weighted by molar-refractivity contribution is 5.79. The van der Waals surface area contributed by atoms with Crippen LogP contribution < -0.4 is 4.90 Å². The standard InChI is InChI=1S/C17H24N4O2/c1-12-18-15-10-21(17(22)13-5-9-23-11-13)8-4-14(15)16(19-12)20-6-2-3-7-20/h13H,2-11H2,1H3/t13-/m1/s1. The zero-order valence-corrected chi connectivity index (χ0v) is 13.8. The Morgan fingerprint density at radius 3 is 2.78 bits per heavy atom. The molecule has 2 fully saturated rings. The predicted octanol–water partition coefficient (Wildman–Crippen LogP) is 1.31. The highest BCUT2D eigenvalue weighted by Gasteiger charge is 2.32. The Labute approximate surface area is 136 Å². The minimum atomic E-state index is 0.0394. The van der Waals surface area contributed by atoms with Crippen molar-refractivity contribution in [1.29, 1.82) is 0 Å². The van der Waals surface area contributed by atoms with E-state index in [4.69, 9.17) is 9.72 Å². The number of ether oxygens (including phenoxy) is 1. The molecule has 0 radical (unpaired) electrons. The molecule has 4 heterocycles. The highest BCUT2D eigenvalue weighted by Crippen LogP contribution is 2.29. The summed E-state index contributed by atoms with van der Waals surface area (Å²) in [6, 6.07) is 0. The van der Waals surface area contributed by atoms with Gasteiger partial charge in [-0.2, -0.15) is 0 Å². The number of aryl methyl sites for hydroxylation is 1. The Bertz CT molecular complexity index is 607. The first-order chi connectivity index (χ1) is 11.2. The normalized spacial score (nSPS) is 24.1. The lowest BCUT2D eigenvalue weighted by atomic mass is 10.0. The van der Waals surface area contributed by atoms with Crippen molar-refractivity contribution in [2.75, 3.05) is 37.7 Å². The second kappa shape index (κ2) is 6.07. The summed E-state index contributed by atoms with van der Waals surface area (Å²) in [6.45, 7) is 6.80. The van der Waals surface area contributed by atoms with Gasteiger partial charge in [-0.3, -0.25) is 4.79 Å². The Morgan fingerprint density at radius 2 is 2.04 bits per heavy atom. The predicted molar refractivity (Wildman–Crippen MR) is 86.3 cm³/mol. The third kappa shape index (κ3) is 2.80. The van der Waals surface area contributed by atoms with Gasteiger partial charge in [-0.15, -0.1) is 0 Å². The lowest BCUT2D eigenvalue weighted by Gasteiger charge is -2.32. The van der Waals surface area contributed by atoms with Crippen LogP contribution in [-0.2, 0) is 22.5 Å². The van der Waals surface area contributed by atoms with E-state index in [1.165, 1.54) is 18.4 Å². The third-order valence-electron chi connectivity index (χ3n) is 5.15. The number of fused-ring (bicyclic) bond motifs is 1. The first-order valence-corrected chi connectivity index (χ1v) is 8.70. The van der Waals surface area contributed by atoms with Gasteiger partial charge in [0, 0.05) is 31.8 Å². The largest absolute Gasteiger partial charge is 0.381 e. The number of hydrogen-bond donors (Lipinski definition) is 0. The summed E-state index contributed by atoms with van der Waals surface area (Å²) in [5.74, 6) is 2.19. The molecule has 1 aromatic rings. The molecule has 1 atom stereocenters. The smallest absolute Gasteiger partial charge is 0.228 e. The number of nitrogens with zero attached hydrogens (tertiary/aromatic N) is 4. The van der Waals surface area contributed by atoms with E-state index in [-0.39, 0.29) is 11.8 Å². The Balaban J connectivity index is 1.58. The minimum Gasteiger partial charge on any atom is -0.381 e. The van der Waals surface area contributed by atoms with Gasteiger partial charge in [0.05, 0.1) is 24.8 Å². The quantitative estimate of drug-likeness (QED) is 0.823. The Kier molecular flexibility index (Phi) is 3.93. The molecule has 3 aliphatic rings. The van der Waals surface area contributed by atoms with Crippen molar-refractivity contribution >= 4 is 11.7 Å². The summed E-state index contributed by atoms with van der Waals surface area (Å²) in [7, 11) is 0. The van der Waals surface area contributed by atoms with Crippen molar-refractivity contribution in [3.63, 3.8) is 0 Å². The van der Waals surface area contributed by atoms with Crippen LogP contribution in [0.4, 0.5) is 5.82 Å². The molecule has 6 nitrogen and oxygen atoms in total. The second-order valence-corrected chi connectivity index (χ2v) is 6.78. The number of hydrogen-bond acceptors (Lipinski definition) is 5. The summed E-state index contributed by atoms with van der Waals surface area (Å²) in [4.78, 5) is 26.3. The van der Waals surface area contributed by atoms with Crippen LogP contribution in [0.5, 0.6) is 0 Å². The maximum absolute atomic E-state index is 12.6. The first-order valence-electron chi connectivity index (χ1n) is 8.70. The van der Waals surface area contributed by atoms with Crippen molar-refractivity contribution in [1.82, 2.24) is 14.9 Å². The number of amides is 1. The van der Waals surface area contributed by atoms with E-state index < -0.39 is 0 Å². The van der Waals surface area contributed by atoms with Crippen LogP contribution in [0, 0.1) is 12.8 Å². The molecule has 0 aromatic carbocycles. The molecule has 0 aliphatic carbocycles. The van der Waals surface area contributed by atoms with Crippen LogP contribution in [-0.4, -0.2) is 53.6 Å². The Morgan fingerprint density at radius 1 is 1.22 bits per heavy atom. The van der Waals surface area contributed by atoms with E-state index in [1.54, 1.807) is 0 Å². The zero-order valence-electron chi connectivity index (χ0n) is 13.8. The van der Waals surface area contributed by atoms with E-state index in [1.807, 2.05) is 11.8 Å². The molecule has 0 spiro atoms. The molecule has 124 valence electrons. The molecule has 6 heteroatoms. The SMILES string of the molecule is Cc1nc2c(c(N3CCCC3)n1)CCN(C(=O)[C@@H]1CCOC1)C2. The fourth-order valence-corrected chi connectivity index (χ4v) is 3.90. The van der Waals surface area contributed by atoms with Crippen molar-refractivity contribution in [3.8, 4) is 0 Å². The summed E-state index contributed by atoms with van der Waals surface area (Å²) in [6.07, 6.45) is 4.19. The summed E-state index contributed by atoms with van der Waals surface area (Å²) in [5.41, 5.74) is 2.29. The number of aromatic nitrogens is 2. The van der Waals surface area contributed by atoms with Gasteiger partial charge >= 0.3 is 0 Å². The molecule has 3 aliphatic heterocycles. The minimum absolute atomic E-state index is 0.0394. The van der Waals surface area contributed by atoms with Crippen molar-refractivity contribution < 1.29 is 9.53 Å². The molecule has 0 bridgehead atoms. The van der Waals surface area contributed by atoms with Crippen molar-refractivity contribution in [2.45, 2.75) is 39.2 Å². The summed E-state index contributed by atoms with van der Waals surface area (Å²) < 4.78 is 5.36. The Hall–Kier alpha value is -1.69. The lowest BCUT2D eigenvalue weighted by Crippen LogP contribution is -2.41. The van der Waals surface area contributed by atoms with Crippen molar-refractivity contribution in [2.24, 2.45) is 5.92 Å². The summed E-state index contributed by atoms with van der Waals surface area (Å²) >= 11 is 0. The lowest BCUT2D eigenvalue weighted by molar-refractivity contribution is -0.136. The topological polar surface area (TPSA) is 58.6 Å². The van der Waals surface area contributed by atoms with Gasteiger partial charge in [-0.1, -0.05) is 0 Å². The van der Waals surface area contributed by atoms with Crippen LogP contribution >= 0.6 is 0 Å². The van der Waals surface area contributed by atoms with Gasteiger partial charge in [0.15, 0.2) is 0 Å². The third-order valence-corrected chi connectivity index (χ3v) is 5.15. The molecule has 0 unspecified atom stereocenters. The van der Waals surface area contributed by atoms with Gasteiger partial charge in [-0.25, -0.2) is 9.97 Å². The number of anilines is 1. The molecule has 23 heavy (non-hydrogen) atoms. The molecule has 1 amide bonds. The van der Waals surface area contributed by atoms with E-state index in [0.29, 0.717) is 19.8 Å². The second-order valence-electron chi connectivity index (χ2n) is 6.78. The van der Waals surface area contributed by atoms with Crippen LogP contribution in [0.15, 0.2) is 0 Å². The van der Waals surface area contributed by atoms with Crippen LogP contribution in [0.1, 0.15) is 36.3 Å². The molecular weight excluding hydrogens is 292 g/mol. The molecule has 1 aromatic heterocycles. The fourth-order valence-electron chi connectivity index (χ4n) is 3.90. The monoisotopic (exact) mass is 316 g/mol. The molecule has 0 N–H and O–H groups in total. The highest BCUT2D eigenvalue weighted by atomic mass is 16.5. The molecule has 4 rings (SSSR count). The maximum Gasteiger partial charge on any atom is 0.228 e. The average molecular weight is 316 g/mol. The van der Waals surface area contributed by atoms with Gasteiger partial charge in [0.1, 0.15) is 11.6 Å². The van der Waals surface area contributed by atoms with Gasteiger partial charge < -0.3 is 14.5 Å². The van der Waals surface area contributed by atoms with Gasteiger partial charge in [-0.05, 0) is 32.6 Å². The molecule has 2 saturated heterocycles. The molecule has 0 saturated carbocycles. The fraction of sp³-hybridized carbons (Fsp3) is 0.706. The van der Waals surface area contributed by atoms with Gasteiger partial charge in [0.2, 0.25) is 5.91 Å². The summed E-state index contributed by atoms with van der Waals surface area (Å²) in [5, 5.41) is 0. The van der Waals surface area contributed by atoms with Crippen LogP contribution in [0.3, 0.4) is 0 Å². The number of carbonyl (C=O) groups is 1. The number of rotatable bonds is 2. The maximum atomic E-state index is 12.6. The average Bonchev–Trinajstić information content (AvgIpc) is 3.26. The van der Waals surface area contributed by atoms with Crippen LogP contribution in [0.2, 0.25) is 0 Å². The molecular formula is C17H24N4O2. The van der Waals surface area contributed by atoms with E-state index in [0.717, 1.165) is 49.8 Å². The number of carbonyl (C=O) groups excluding carboxylic acids is 1. The van der Waals surface area contributed by atoms with Gasteiger partial charge in [0.25, 0.3) is 0 Å². The van der Waals surface area contributed by atoms with E-state index in [9.17, 15) is 4.79 Å². The first kappa shape index (κ1) is 14.9.